The van der Waals surface area contributed by atoms with Crippen LogP contribution < -0.4 is 0 Å². The summed E-state index contributed by atoms with van der Waals surface area (Å²) in [6, 6.07) is 3.64. The first-order valence-corrected chi connectivity index (χ1v) is 5.24. The van der Waals surface area contributed by atoms with Gasteiger partial charge in [-0.3, -0.25) is 4.40 Å². The highest BCUT2D eigenvalue weighted by molar-refractivity contribution is 5.59. The minimum atomic E-state index is 0.538. The predicted molar refractivity (Wildman–Crippen MR) is 60.6 cm³/mol. The summed E-state index contributed by atoms with van der Waals surface area (Å²) in [6.07, 6.45) is 6.81. The lowest BCUT2D eigenvalue weighted by molar-refractivity contribution is 0.807. The summed E-state index contributed by atoms with van der Waals surface area (Å²) in [6.45, 7) is 0. The van der Waals surface area contributed by atoms with Gasteiger partial charge in [-0.25, -0.2) is 14.5 Å². The summed E-state index contributed by atoms with van der Waals surface area (Å²) in [5.41, 5.74) is 2.17. The van der Waals surface area contributed by atoms with E-state index in [9.17, 15) is 0 Å². The van der Waals surface area contributed by atoms with Crippen LogP contribution in [0, 0.1) is 0 Å². The molecule has 86 valence electrons. The number of fused-ring (bicyclic) bond motifs is 2. The van der Waals surface area contributed by atoms with Crippen molar-refractivity contribution in [2.75, 3.05) is 0 Å². The molecule has 0 saturated heterocycles. The van der Waals surface area contributed by atoms with E-state index in [0.717, 1.165) is 17.0 Å². The van der Waals surface area contributed by atoms with Gasteiger partial charge in [0.25, 0.3) is 5.78 Å². The fourth-order valence-electron chi connectivity index (χ4n) is 1.74. The fraction of sp³-hybridized carbons (Fsp3) is 0. The molecule has 0 aliphatic rings. The Labute approximate surface area is 99.9 Å². The number of hydrogen-bond donors (Lipinski definition) is 0. The molecule has 0 bridgehead atoms. The van der Waals surface area contributed by atoms with Crippen LogP contribution in [0.25, 0.3) is 22.8 Å². The Morgan fingerprint density at radius 2 is 2.00 bits per heavy atom. The summed E-state index contributed by atoms with van der Waals surface area (Å²) < 4.78 is 3.34. The molecule has 0 amide bonds. The zero-order valence-electron chi connectivity index (χ0n) is 9.04. The molecule has 4 aromatic heterocycles. The summed E-state index contributed by atoms with van der Waals surface area (Å²) in [5.74, 6) is 0.538. The second-order valence-corrected chi connectivity index (χ2v) is 3.70. The van der Waals surface area contributed by atoms with Crippen molar-refractivity contribution in [3.8, 4) is 11.4 Å². The number of imidazole rings is 1. The lowest BCUT2D eigenvalue weighted by Crippen LogP contribution is -1.91. The topological polar surface area (TPSA) is 86.2 Å². The van der Waals surface area contributed by atoms with E-state index in [1.807, 2.05) is 12.3 Å². The molecule has 0 aromatic carbocycles. The molecule has 0 unspecified atom stereocenters. The first kappa shape index (κ1) is 9.16. The number of hydrogen-bond acceptors (Lipinski definition) is 6. The molecule has 0 aliphatic heterocycles. The fourth-order valence-corrected chi connectivity index (χ4v) is 1.74. The zero-order valence-corrected chi connectivity index (χ0v) is 9.04. The lowest BCUT2D eigenvalue weighted by atomic mass is 10.3. The zero-order chi connectivity index (χ0) is 11.9. The van der Waals surface area contributed by atoms with E-state index in [2.05, 4.69) is 30.5 Å². The Morgan fingerprint density at radius 1 is 1.00 bits per heavy atom. The normalized spacial score (nSPS) is 11.3. The first-order valence-electron chi connectivity index (χ1n) is 5.24. The molecule has 8 nitrogen and oxygen atoms in total. The predicted octanol–water partition coefficient (Wildman–Crippen LogP) is 0.229. The highest BCUT2D eigenvalue weighted by Gasteiger charge is 2.07. The summed E-state index contributed by atoms with van der Waals surface area (Å²) in [7, 11) is 0. The van der Waals surface area contributed by atoms with E-state index in [1.54, 1.807) is 33.7 Å². The third kappa shape index (κ3) is 1.25. The van der Waals surface area contributed by atoms with Crippen LogP contribution in [0.2, 0.25) is 0 Å². The average Bonchev–Trinajstić information content (AvgIpc) is 3.04. The monoisotopic (exact) mass is 238 g/mol. The van der Waals surface area contributed by atoms with Gasteiger partial charge in [0.15, 0.2) is 5.65 Å². The van der Waals surface area contributed by atoms with Crippen LogP contribution in [0.1, 0.15) is 0 Å². The third-order valence-corrected chi connectivity index (χ3v) is 2.58. The quantitative estimate of drug-likeness (QED) is 0.471. The van der Waals surface area contributed by atoms with Gasteiger partial charge in [0.1, 0.15) is 12.0 Å². The van der Waals surface area contributed by atoms with Gasteiger partial charge in [0, 0.05) is 12.3 Å². The van der Waals surface area contributed by atoms with E-state index >= 15 is 0 Å². The molecule has 18 heavy (non-hydrogen) atoms. The van der Waals surface area contributed by atoms with E-state index in [4.69, 9.17) is 0 Å². The van der Waals surface area contributed by atoms with Gasteiger partial charge in [-0.1, -0.05) is 5.21 Å². The molecular weight excluding hydrogens is 232 g/mol. The largest absolute Gasteiger partial charge is 0.273 e. The SMILES string of the molecule is c1cc2nc(-c3ccn4cnnc4n3)cn2nn1. The molecule has 0 spiro atoms. The van der Waals surface area contributed by atoms with Crippen molar-refractivity contribution >= 4 is 11.4 Å². The molecule has 0 saturated carbocycles. The van der Waals surface area contributed by atoms with Gasteiger partial charge in [0.2, 0.25) is 0 Å². The summed E-state index contributed by atoms with van der Waals surface area (Å²) in [5, 5.41) is 15.4. The van der Waals surface area contributed by atoms with E-state index in [-0.39, 0.29) is 0 Å². The summed E-state index contributed by atoms with van der Waals surface area (Å²) in [4.78, 5) is 8.78. The van der Waals surface area contributed by atoms with E-state index < -0.39 is 0 Å². The van der Waals surface area contributed by atoms with Crippen LogP contribution in [-0.2, 0) is 0 Å². The van der Waals surface area contributed by atoms with Gasteiger partial charge < -0.3 is 0 Å². The maximum Gasteiger partial charge on any atom is 0.255 e. The Balaban J connectivity index is 1.94. The van der Waals surface area contributed by atoms with Gasteiger partial charge in [-0.2, -0.15) is 0 Å². The van der Waals surface area contributed by atoms with Crippen molar-refractivity contribution in [2.45, 2.75) is 0 Å². The highest BCUT2D eigenvalue weighted by Crippen LogP contribution is 2.15. The van der Waals surface area contributed by atoms with Gasteiger partial charge >= 0.3 is 0 Å². The second-order valence-electron chi connectivity index (χ2n) is 3.70. The molecule has 0 aliphatic carbocycles. The van der Waals surface area contributed by atoms with E-state index in [1.165, 1.54) is 0 Å². The van der Waals surface area contributed by atoms with Crippen LogP contribution in [0.5, 0.6) is 0 Å². The van der Waals surface area contributed by atoms with Crippen molar-refractivity contribution in [1.82, 2.24) is 39.4 Å². The maximum atomic E-state index is 4.41. The summed E-state index contributed by atoms with van der Waals surface area (Å²) >= 11 is 0. The van der Waals surface area contributed by atoms with Crippen LogP contribution >= 0.6 is 0 Å². The van der Waals surface area contributed by atoms with Crippen molar-refractivity contribution in [3.63, 3.8) is 0 Å². The average molecular weight is 238 g/mol. The third-order valence-electron chi connectivity index (χ3n) is 2.58. The van der Waals surface area contributed by atoms with Crippen LogP contribution in [0.4, 0.5) is 0 Å². The van der Waals surface area contributed by atoms with Crippen molar-refractivity contribution < 1.29 is 0 Å². The number of aromatic nitrogens is 8. The highest BCUT2D eigenvalue weighted by atomic mass is 15.4. The van der Waals surface area contributed by atoms with Gasteiger partial charge in [-0.05, 0) is 6.07 Å². The number of rotatable bonds is 1. The van der Waals surface area contributed by atoms with Gasteiger partial charge in [-0.15, -0.1) is 15.3 Å². The smallest absolute Gasteiger partial charge is 0.255 e. The Bertz CT molecular complexity index is 812. The molecule has 4 rings (SSSR count). The lowest BCUT2D eigenvalue weighted by Gasteiger charge is -1.95. The van der Waals surface area contributed by atoms with Crippen molar-refractivity contribution in [1.29, 1.82) is 0 Å². The van der Waals surface area contributed by atoms with Crippen LogP contribution in [0.3, 0.4) is 0 Å². The van der Waals surface area contributed by atoms with Crippen molar-refractivity contribution in [2.24, 2.45) is 0 Å². The molecular formula is C10H6N8. The molecule has 0 radical (unpaired) electrons. The minimum absolute atomic E-state index is 0.538. The van der Waals surface area contributed by atoms with E-state index in [0.29, 0.717) is 5.78 Å². The Kier molecular flexibility index (Phi) is 1.68. The first-order chi connectivity index (χ1) is 8.90. The minimum Gasteiger partial charge on any atom is -0.273 e. The number of nitrogens with zero attached hydrogens (tertiary/aromatic N) is 8. The van der Waals surface area contributed by atoms with Crippen LogP contribution in [-0.4, -0.2) is 39.4 Å². The molecule has 4 heterocycles. The molecule has 8 heteroatoms. The van der Waals surface area contributed by atoms with Crippen LogP contribution in [0.15, 0.2) is 37.1 Å². The van der Waals surface area contributed by atoms with Crippen molar-refractivity contribution in [3.05, 3.63) is 37.1 Å². The molecule has 0 fully saturated rings. The molecule has 0 N–H and O–H groups in total. The standard InChI is InChI=1S/C10H6N8/c1-3-11-16-18-5-8(13-9(1)18)7-2-4-17-6-12-15-10(17)14-7/h1-6H. The maximum absolute atomic E-state index is 4.41. The second kappa shape index (κ2) is 3.29. The molecule has 0 atom stereocenters. The molecule has 4 aromatic rings. The Hall–Kier alpha value is -2.90. The Morgan fingerprint density at radius 3 is 2.94 bits per heavy atom. The van der Waals surface area contributed by atoms with Gasteiger partial charge in [0.05, 0.1) is 18.1 Å².